The van der Waals surface area contributed by atoms with Crippen LogP contribution in [0.1, 0.15) is 27.4 Å². The van der Waals surface area contributed by atoms with Crippen LogP contribution in [0.25, 0.3) is 11.1 Å². The van der Waals surface area contributed by atoms with Crippen molar-refractivity contribution >= 4 is 23.7 Å². The molecule has 0 aliphatic heterocycles. The van der Waals surface area contributed by atoms with Gasteiger partial charge in [-0.15, -0.1) is 0 Å². The Hall–Kier alpha value is -4.20. The Morgan fingerprint density at radius 2 is 1.56 bits per heavy atom. The Morgan fingerprint density at radius 1 is 0.938 bits per heavy atom. The second-order valence-electron chi connectivity index (χ2n) is 7.23. The van der Waals surface area contributed by atoms with Crippen molar-refractivity contribution in [1.82, 2.24) is 5.32 Å². The van der Waals surface area contributed by atoms with Crippen LogP contribution < -0.4 is 10.6 Å². The number of carbonyl (C=O) groups excluding carboxylic acids is 2. The van der Waals surface area contributed by atoms with E-state index in [1.165, 1.54) is 6.07 Å². The number of nitrogens with one attached hydrogen (secondary N) is 2. The van der Waals surface area contributed by atoms with E-state index in [1.54, 1.807) is 0 Å². The van der Waals surface area contributed by atoms with Gasteiger partial charge in [-0.1, -0.05) is 48.5 Å². The molecular weight excluding hydrogens is 415 g/mol. The van der Waals surface area contributed by atoms with E-state index in [0.29, 0.717) is 0 Å². The van der Waals surface area contributed by atoms with Crippen LogP contribution in [0.3, 0.4) is 0 Å². The third kappa shape index (κ3) is 4.29. The number of aromatic carboxylic acids is 1. The van der Waals surface area contributed by atoms with Gasteiger partial charge in [-0.2, -0.15) is 0 Å². The normalized spacial score (nSPS) is 11.9. The summed E-state index contributed by atoms with van der Waals surface area (Å²) in [6.07, 6.45) is -0.755. The van der Waals surface area contributed by atoms with Crippen LogP contribution in [0.2, 0.25) is 0 Å². The van der Waals surface area contributed by atoms with Gasteiger partial charge in [-0.05, 0) is 40.5 Å². The summed E-state index contributed by atoms with van der Waals surface area (Å²) >= 11 is 0. The fraction of sp³-hybridized carbons (Fsp3) is 0.125. The van der Waals surface area contributed by atoms with Crippen LogP contribution >= 0.6 is 0 Å². The number of benzene rings is 3. The minimum Gasteiger partial charge on any atom is -0.478 e. The first-order chi connectivity index (χ1) is 15.4. The lowest BCUT2D eigenvalue weighted by Gasteiger charge is -2.14. The molecule has 1 aliphatic rings. The number of fused-ring (bicyclic) bond motifs is 3. The number of carboxylic acid groups (broad SMARTS) is 1. The van der Waals surface area contributed by atoms with Gasteiger partial charge in [0.1, 0.15) is 19.0 Å². The van der Waals surface area contributed by atoms with Crippen molar-refractivity contribution < 1.29 is 28.6 Å². The van der Waals surface area contributed by atoms with Crippen molar-refractivity contribution in [3.8, 4) is 11.1 Å². The van der Waals surface area contributed by atoms with E-state index in [9.17, 15) is 18.8 Å². The molecular formula is C24H19FN2O5. The maximum absolute atomic E-state index is 13.7. The number of rotatable bonds is 6. The lowest BCUT2D eigenvalue weighted by molar-refractivity contribution is -0.115. The first-order valence-electron chi connectivity index (χ1n) is 9.85. The van der Waals surface area contributed by atoms with Crippen LogP contribution in [0.5, 0.6) is 0 Å². The molecule has 3 aromatic rings. The molecule has 0 spiro atoms. The van der Waals surface area contributed by atoms with Gasteiger partial charge >= 0.3 is 12.1 Å². The standard InChI is InChI=1S/C24H19FN2O5/c25-21-11-14(9-10-19(21)23(29)30)27-22(28)12-26-24(31)32-13-20-17-7-3-1-5-15(17)16-6-2-4-8-18(16)20/h1-11,20H,12-13H2,(H,26,31)(H,27,28)(H,29,30). The van der Waals surface area contributed by atoms with Gasteiger partial charge in [-0.3, -0.25) is 4.79 Å². The van der Waals surface area contributed by atoms with E-state index in [0.717, 1.165) is 34.4 Å². The number of halogens is 1. The second kappa shape index (κ2) is 8.89. The summed E-state index contributed by atoms with van der Waals surface area (Å²) in [5.41, 5.74) is 3.94. The van der Waals surface area contributed by atoms with Gasteiger partial charge in [0.2, 0.25) is 5.91 Å². The van der Waals surface area contributed by atoms with Crippen molar-refractivity contribution in [1.29, 1.82) is 0 Å². The van der Waals surface area contributed by atoms with Crippen LogP contribution in [0.4, 0.5) is 14.9 Å². The van der Waals surface area contributed by atoms with E-state index in [1.807, 2.05) is 48.5 Å². The molecule has 0 saturated heterocycles. The number of amides is 2. The third-order valence-electron chi connectivity index (χ3n) is 5.22. The number of ether oxygens (including phenoxy) is 1. The molecule has 0 aromatic heterocycles. The zero-order valence-corrected chi connectivity index (χ0v) is 16.8. The van der Waals surface area contributed by atoms with Crippen molar-refractivity contribution in [2.45, 2.75) is 5.92 Å². The molecule has 0 saturated carbocycles. The van der Waals surface area contributed by atoms with E-state index >= 15 is 0 Å². The lowest BCUT2D eigenvalue weighted by Crippen LogP contribution is -2.34. The molecule has 0 radical (unpaired) electrons. The van der Waals surface area contributed by atoms with Gasteiger partial charge < -0.3 is 20.5 Å². The van der Waals surface area contributed by atoms with Gasteiger partial charge in [0, 0.05) is 11.6 Å². The number of carboxylic acids is 1. The second-order valence-corrected chi connectivity index (χ2v) is 7.23. The summed E-state index contributed by atoms with van der Waals surface area (Å²) in [5.74, 6) is -3.09. The molecule has 0 heterocycles. The molecule has 2 amide bonds. The van der Waals surface area contributed by atoms with Crippen LogP contribution in [0, 0.1) is 5.82 Å². The molecule has 0 bridgehead atoms. The van der Waals surface area contributed by atoms with Gasteiger partial charge in [0.05, 0.1) is 5.56 Å². The molecule has 0 atom stereocenters. The summed E-state index contributed by atoms with van der Waals surface area (Å²) in [6, 6.07) is 19.1. The molecule has 1 aliphatic carbocycles. The molecule has 8 heteroatoms. The molecule has 0 unspecified atom stereocenters. The molecule has 3 aromatic carbocycles. The molecule has 3 N–H and O–H groups in total. The first kappa shape index (κ1) is 21.0. The Labute approximate surface area is 182 Å². The van der Waals surface area contributed by atoms with E-state index in [-0.39, 0.29) is 24.8 Å². The average molecular weight is 434 g/mol. The number of alkyl carbamates (subject to hydrolysis) is 1. The van der Waals surface area contributed by atoms with Crippen molar-refractivity contribution in [3.63, 3.8) is 0 Å². The Balaban J connectivity index is 1.31. The summed E-state index contributed by atoms with van der Waals surface area (Å²) in [6.45, 7) is -0.275. The summed E-state index contributed by atoms with van der Waals surface area (Å²) in [5, 5.41) is 13.6. The summed E-state index contributed by atoms with van der Waals surface area (Å²) in [7, 11) is 0. The lowest BCUT2D eigenvalue weighted by atomic mass is 9.98. The summed E-state index contributed by atoms with van der Waals surface area (Å²) in [4.78, 5) is 35.0. The van der Waals surface area contributed by atoms with Crippen LogP contribution in [-0.2, 0) is 9.53 Å². The zero-order valence-electron chi connectivity index (χ0n) is 16.8. The van der Waals surface area contributed by atoms with Crippen molar-refractivity contribution in [2.75, 3.05) is 18.5 Å². The molecule has 0 fully saturated rings. The SMILES string of the molecule is O=C(CNC(=O)OCC1c2ccccc2-c2ccccc21)Nc1ccc(C(=O)O)c(F)c1. The number of carbonyl (C=O) groups is 3. The highest BCUT2D eigenvalue weighted by atomic mass is 19.1. The number of anilines is 1. The van der Waals surface area contributed by atoms with E-state index in [2.05, 4.69) is 10.6 Å². The molecule has 162 valence electrons. The van der Waals surface area contributed by atoms with Crippen LogP contribution in [0.15, 0.2) is 66.7 Å². The zero-order chi connectivity index (χ0) is 22.7. The Bertz CT molecular complexity index is 1160. The number of hydrogen-bond donors (Lipinski definition) is 3. The number of hydrogen-bond acceptors (Lipinski definition) is 4. The largest absolute Gasteiger partial charge is 0.478 e. The topological polar surface area (TPSA) is 105 Å². The quantitative estimate of drug-likeness (QED) is 0.544. The highest BCUT2D eigenvalue weighted by Gasteiger charge is 2.29. The predicted octanol–water partition coefficient (Wildman–Crippen LogP) is 4.00. The fourth-order valence-electron chi connectivity index (χ4n) is 3.77. The van der Waals surface area contributed by atoms with Crippen LogP contribution in [-0.4, -0.2) is 36.2 Å². The predicted molar refractivity (Wildman–Crippen MR) is 115 cm³/mol. The van der Waals surface area contributed by atoms with Gasteiger partial charge in [0.25, 0.3) is 0 Å². The minimum absolute atomic E-state index is 0.0758. The summed E-state index contributed by atoms with van der Waals surface area (Å²) < 4.78 is 19.0. The van der Waals surface area contributed by atoms with Gasteiger partial charge in [-0.25, -0.2) is 14.0 Å². The van der Waals surface area contributed by atoms with E-state index in [4.69, 9.17) is 9.84 Å². The van der Waals surface area contributed by atoms with Gasteiger partial charge in [0.15, 0.2) is 0 Å². The third-order valence-corrected chi connectivity index (χ3v) is 5.22. The Kier molecular flexibility index (Phi) is 5.85. The average Bonchev–Trinajstić information content (AvgIpc) is 3.10. The first-order valence-corrected chi connectivity index (χ1v) is 9.85. The molecule has 32 heavy (non-hydrogen) atoms. The van der Waals surface area contributed by atoms with Crippen molar-refractivity contribution in [2.24, 2.45) is 0 Å². The maximum atomic E-state index is 13.7. The highest BCUT2D eigenvalue weighted by Crippen LogP contribution is 2.44. The molecule has 7 nitrogen and oxygen atoms in total. The Morgan fingerprint density at radius 3 is 2.16 bits per heavy atom. The maximum Gasteiger partial charge on any atom is 0.407 e. The fourth-order valence-corrected chi connectivity index (χ4v) is 3.77. The highest BCUT2D eigenvalue weighted by molar-refractivity contribution is 5.95. The van der Waals surface area contributed by atoms with E-state index < -0.39 is 29.4 Å². The van der Waals surface area contributed by atoms with Crippen molar-refractivity contribution in [3.05, 3.63) is 89.2 Å². The molecule has 4 rings (SSSR count). The minimum atomic E-state index is -1.41. The smallest absolute Gasteiger partial charge is 0.407 e. The monoisotopic (exact) mass is 434 g/mol.